The molecule has 2 saturated carbocycles. The Hall–Kier alpha value is -1.91. The van der Waals surface area contributed by atoms with Crippen LogP contribution < -0.4 is 0 Å². The van der Waals surface area contributed by atoms with Gasteiger partial charge in [0.15, 0.2) is 0 Å². The average molecular weight is 305 g/mol. The van der Waals surface area contributed by atoms with Gasteiger partial charge in [0.1, 0.15) is 5.82 Å². The van der Waals surface area contributed by atoms with E-state index in [1.165, 1.54) is 6.07 Å². The van der Waals surface area contributed by atoms with Gasteiger partial charge in [-0.2, -0.15) is 0 Å². The molecule has 0 spiro atoms. The summed E-state index contributed by atoms with van der Waals surface area (Å²) < 4.78 is 13.8. The first kappa shape index (κ1) is 15.0. The average Bonchev–Trinajstić information content (AvgIpc) is 3.37. The summed E-state index contributed by atoms with van der Waals surface area (Å²) in [5.74, 6) is -1.99. The zero-order valence-electron chi connectivity index (χ0n) is 12.5. The predicted molar refractivity (Wildman–Crippen MR) is 78.8 cm³/mol. The van der Waals surface area contributed by atoms with Gasteiger partial charge in [-0.3, -0.25) is 9.59 Å². The van der Waals surface area contributed by atoms with Crippen LogP contribution in [0.15, 0.2) is 24.3 Å². The fourth-order valence-electron chi connectivity index (χ4n) is 2.98. The monoisotopic (exact) mass is 305 g/mol. The van der Waals surface area contributed by atoms with Crippen molar-refractivity contribution in [2.75, 3.05) is 6.54 Å². The number of hydrogen-bond donors (Lipinski definition) is 1. The van der Waals surface area contributed by atoms with Gasteiger partial charge in [0, 0.05) is 18.5 Å². The van der Waals surface area contributed by atoms with Crippen LogP contribution >= 0.6 is 0 Å². The molecule has 3 atom stereocenters. The van der Waals surface area contributed by atoms with Crippen LogP contribution in [0.25, 0.3) is 0 Å². The zero-order valence-corrected chi connectivity index (χ0v) is 12.5. The van der Waals surface area contributed by atoms with E-state index in [4.69, 9.17) is 5.11 Å². The second-order valence-corrected chi connectivity index (χ2v) is 6.43. The fourth-order valence-corrected chi connectivity index (χ4v) is 2.98. The minimum atomic E-state index is -0.889. The van der Waals surface area contributed by atoms with E-state index in [9.17, 15) is 14.0 Å². The van der Waals surface area contributed by atoms with E-state index in [0.29, 0.717) is 12.0 Å². The zero-order chi connectivity index (χ0) is 15.9. The minimum Gasteiger partial charge on any atom is -0.481 e. The molecule has 1 aromatic carbocycles. The highest BCUT2D eigenvalue weighted by Crippen LogP contribution is 2.50. The van der Waals surface area contributed by atoms with Gasteiger partial charge in [0.25, 0.3) is 0 Å². The van der Waals surface area contributed by atoms with Crippen LogP contribution in [0.2, 0.25) is 0 Å². The Morgan fingerprint density at radius 2 is 2.05 bits per heavy atom. The third-order valence-electron chi connectivity index (χ3n) is 4.58. The van der Waals surface area contributed by atoms with E-state index >= 15 is 0 Å². The van der Waals surface area contributed by atoms with Gasteiger partial charge in [-0.05, 0) is 36.8 Å². The number of rotatable bonds is 6. The van der Waals surface area contributed by atoms with Crippen molar-refractivity contribution in [3.8, 4) is 0 Å². The van der Waals surface area contributed by atoms with E-state index in [0.717, 1.165) is 12.8 Å². The van der Waals surface area contributed by atoms with Crippen LogP contribution in [0.4, 0.5) is 4.39 Å². The van der Waals surface area contributed by atoms with Gasteiger partial charge in [-0.1, -0.05) is 25.1 Å². The molecule has 1 N–H and O–H groups in total. The third kappa shape index (κ3) is 2.98. The van der Waals surface area contributed by atoms with Crippen LogP contribution in [0, 0.1) is 17.7 Å². The molecule has 4 nitrogen and oxygen atoms in total. The molecule has 22 heavy (non-hydrogen) atoms. The van der Waals surface area contributed by atoms with Crippen molar-refractivity contribution >= 4 is 11.9 Å². The highest BCUT2D eigenvalue weighted by atomic mass is 19.1. The number of halogens is 1. The summed E-state index contributed by atoms with van der Waals surface area (Å²) in [5, 5.41) is 9.05. The summed E-state index contributed by atoms with van der Waals surface area (Å²) in [6.45, 7) is 1.87. The normalized spacial score (nSPS) is 24.6. The molecule has 0 saturated heterocycles. The molecule has 0 aromatic heterocycles. The van der Waals surface area contributed by atoms with E-state index in [-0.39, 0.29) is 36.1 Å². The van der Waals surface area contributed by atoms with Crippen molar-refractivity contribution in [3.05, 3.63) is 35.6 Å². The molecule has 0 bridgehead atoms. The lowest BCUT2D eigenvalue weighted by Gasteiger charge is -2.24. The van der Waals surface area contributed by atoms with Crippen molar-refractivity contribution in [2.45, 2.75) is 38.1 Å². The second-order valence-electron chi connectivity index (χ2n) is 6.43. The lowest BCUT2D eigenvalue weighted by atomic mass is 10.1. The lowest BCUT2D eigenvalue weighted by molar-refractivity contribution is -0.143. The fraction of sp³-hybridized carbons (Fsp3) is 0.529. The van der Waals surface area contributed by atoms with Crippen molar-refractivity contribution < 1.29 is 19.1 Å². The Labute approximate surface area is 128 Å². The predicted octanol–water partition coefficient (Wildman–Crippen LogP) is 2.64. The van der Waals surface area contributed by atoms with E-state index in [2.05, 4.69) is 0 Å². The number of amides is 1. The summed E-state index contributed by atoms with van der Waals surface area (Å²) in [5.41, 5.74) is 0.600. The maximum absolute atomic E-state index is 13.8. The quantitative estimate of drug-likeness (QED) is 0.879. The molecule has 0 aliphatic heterocycles. The second kappa shape index (κ2) is 5.71. The van der Waals surface area contributed by atoms with Crippen molar-refractivity contribution in [1.29, 1.82) is 0 Å². The van der Waals surface area contributed by atoms with Crippen molar-refractivity contribution in [3.63, 3.8) is 0 Å². The van der Waals surface area contributed by atoms with E-state index < -0.39 is 11.9 Å². The number of aliphatic carboxylic acids is 1. The molecule has 0 unspecified atom stereocenters. The highest BCUT2D eigenvalue weighted by molar-refractivity contribution is 5.84. The number of carbonyl (C=O) groups excluding carboxylic acids is 1. The number of hydrogen-bond acceptors (Lipinski definition) is 2. The van der Waals surface area contributed by atoms with Crippen LogP contribution in [-0.2, 0) is 9.59 Å². The van der Waals surface area contributed by atoms with Gasteiger partial charge in [-0.25, -0.2) is 4.39 Å². The number of nitrogens with zero attached hydrogens (tertiary/aromatic N) is 1. The number of benzene rings is 1. The molecule has 5 heteroatoms. The molecule has 3 rings (SSSR count). The van der Waals surface area contributed by atoms with E-state index in [1.54, 1.807) is 30.0 Å². The number of carboxylic acid groups (broad SMARTS) is 1. The largest absolute Gasteiger partial charge is 0.481 e. The van der Waals surface area contributed by atoms with Gasteiger partial charge in [-0.15, -0.1) is 0 Å². The van der Waals surface area contributed by atoms with Gasteiger partial charge in [0.2, 0.25) is 5.91 Å². The summed E-state index contributed by atoms with van der Waals surface area (Å²) >= 11 is 0. The molecule has 2 aliphatic carbocycles. The van der Waals surface area contributed by atoms with Gasteiger partial charge < -0.3 is 10.0 Å². The lowest BCUT2D eigenvalue weighted by Crippen LogP contribution is -2.39. The molecule has 2 fully saturated rings. The molecule has 118 valence electrons. The Morgan fingerprint density at radius 1 is 1.36 bits per heavy atom. The summed E-state index contributed by atoms with van der Waals surface area (Å²) in [6.07, 6.45) is 2.54. The van der Waals surface area contributed by atoms with E-state index in [1.807, 2.05) is 0 Å². The number of carboxylic acids is 1. The molecule has 2 aliphatic rings. The molecular formula is C17H20FNO3. The Balaban J connectivity index is 1.68. The maximum atomic E-state index is 13.8. The Kier molecular flexibility index (Phi) is 3.89. The molecule has 0 heterocycles. The third-order valence-corrected chi connectivity index (χ3v) is 4.58. The van der Waals surface area contributed by atoms with Crippen LogP contribution in [0.5, 0.6) is 0 Å². The topological polar surface area (TPSA) is 57.6 Å². The standard InChI is InChI=1S/C17H20FNO3/c1-10(17(21)22)9-19(11-6-7-11)16(20)14-8-13(14)12-4-2-3-5-15(12)18/h2-5,10-11,13-14H,6-9H2,1H3,(H,21,22)/t10-,13-,14-/m1/s1. The van der Waals surface area contributed by atoms with Crippen LogP contribution in [0.3, 0.4) is 0 Å². The van der Waals surface area contributed by atoms with Crippen LogP contribution in [-0.4, -0.2) is 34.5 Å². The Morgan fingerprint density at radius 3 is 2.64 bits per heavy atom. The first-order valence-electron chi connectivity index (χ1n) is 7.76. The number of carbonyl (C=O) groups is 2. The first-order valence-corrected chi connectivity index (χ1v) is 7.76. The molecule has 1 aromatic rings. The van der Waals surface area contributed by atoms with Gasteiger partial charge in [0.05, 0.1) is 5.92 Å². The maximum Gasteiger partial charge on any atom is 0.308 e. The van der Waals surface area contributed by atoms with Crippen molar-refractivity contribution in [2.24, 2.45) is 11.8 Å². The molecule has 1 amide bonds. The van der Waals surface area contributed by atoms with Gasteiger partial charge >= 0.3 is 5.97 Å². The smallest absolute Gasteiger partial charge is 0.308 e. The summed E-state index contributed by atoms with van der Waals surface area (Å²) in [6, 6.07) is 6.75. The summed E-state index contributed by atoms with van der Waals surface area (Å²) in [7, 11) is 0. The first-order chi connectivity index (χ1) is 10.5. The SMILES string of the molecule is C[C@H](CN(C(=O)[C@@H]1C[C@@H]1c1ccccc1F)C1CC1)C(=O)O. The Bertz CT molecular complexity index is 599. The summed E-state index contributed by atoms with van der Waals surface area (Å²) in [4.78, 5) is 25.4. The van der Waals surface area contributed by atoms with Crippen molar-refractivity contribution in [1.82, 2.24) is 4.90 Å². The minimum absolute atomic E-state index is 0.0103. The molecule has 0 radical (unpaired) electrons. The highest BCUT2D eigenvalue weighted by Gasteiger charge is 2.49. The molecular weight excluding hydrogens is 285 g/mol. The van der Waals surface area contributed by atoms with Crippen LogP contribution in [0.1, 0.15) is 37.7 Å².